The second-order valence-corrected chi connectivity index (χ2v) is 12.6. The molecule has 0 aromatic carbocycles. The highest BCUT2D eigenvalue weighted by Crippen LogP contribution is 2.37. The first-order chi connectivity index (χ1) is 23.3. The van der Waals surface area contributed by atoms with Crippen LogP contribution < -0.4 is 0 Å². The second-order valence-electron chi connectivity index (χ2n) is 12.6. The molecule has 4 aliphatic rings. The summed E-state index contributed by atoms with van der Waals surface area (Å²) in [6.07, 6.45) is -18.9. The average molecular weight is 715 g/mol. The van der Waals surface area contributed by atoms with Crippen molar-refractivity contribution in [3.63, 3.8) is 0 Å². The van der Waals surface area contributed by atoms with Gasteiger partial charge in [0, 0.05) is 48.9 Å². The molecule has 286 valence electrons. The minimum absolute atomic E-state index is 0.0628. The summed E-state index contributed by atoms with van der Waals surface area (Å²) in [5, 5.41) is 42.5. The largest absolute Gasteiger partial charge is 0.457 e. The van der Waals surface area contributed by atoms with Crippen molar-refractivity contribution in [1.82, 2.24) is 0 Å². The third-order valence-corrected chi connectivity index (χ3v) is 9.47. The van der Waals surface area contributed by atoms with Gasteiger partial charge < -0.3 is 82.0 Å². The van der Waals surface area contributed by atoms with Crippen molar-refractivity contribution in [2.24, 2.45) is 0 Å². The molecule has 0 aromatic heterocycles. The van der Waals surface area contributed by atoms with E-state index in [1.165, 1.54) is 42.5 Å². The van der Waals surface area contributed by atoms with E-state index in [-0.39, 0.29) is 6.42 Å². The summed E-state index contributed by atoms with van der Waals surface area (Å²) in [5.41, 5.74) is 0. The normalized spacial score (nSPS) is 47.9. The summed E-state index contributed by atoms with van der Waals surface area (Å²) in [6, 6.07) is 0. The van der Waals surface area contributed by atoms with Crippen LogP contribution in [0.3, 0.4) is 0 Å². The molecule has 18 nitrogen and oxygen atoms in total. The summed E-state index contributed by atoms with van der Waals surface area (Å²) < 4.78 is 76.5. The number of methoxy groups -OCH3 is 5. The smallest absolute Gasteiger partial charge is 0.303 e. The predicted molar refractivity (Wildman–Crippen MR) is 162 cm³/mol. The number of aliphatic hydroxyl groups excluding tert-OH is 4. The summed E-state index contributed by atoms with van der Waals surface area (Å²) in [4.78, 5) is 12.2. The van der Waals surface area contributed by atoms with Crippen LogP contribution in [0.15, 0.2) is 0 Å². The van der Waals surface area contributed by atoms with Crippen LogP contribution in [0.2, 0.25) is 0 Å². The Morgan fingerprint density at radius 2 is 1.12 bits per heavy atom. The first kappa shape index (κ1) is 40.6. The zero-order valence-electron chi connectivity index (χ0n) is 29.4. The summed E-state index contributed by atoms with van der Waals surface area (Å²) >= 11 is 0. The number of hydrogen-bond donors (Lipinski definition) is 4. The molecule has 0 aliphatic carbocycles. The SMILES string of the molecule is CO[C@@H]1[C@H](O[C@@H]2[C@@H](O)[C@H](C)O[C@@H](O[C@H]3[C@@H](OC)[C@H](O)O[C@@H](CO)[C@@H]3OC)[C@@H]2OC)O[C@@H](C)[C@@H](OC(C)=O)[C@H]1O[C@@H]1C[C@@H](O)[C@H](OC)[C@@H](C)O1. The Morgan fingerprint density at radius 3 is 1.65 bits per heavy atom. The molecule has 4 fully saturated rings. The number of aliphatic hydroxyl groups is 4. The van der Waals surface area contributed by atoms with Gasteiger partial charge in [0.05, 0.1) is 31.0 Å². The molecule has 4 saturated heterocycles. The van der Waals surface area contributed by atoms with Gasteiger partial charge in [-0.15, -0.1) is 0 Å². The number of ether oxygens (including phenoxy) is 13. The van der Waals surface area contributed by atoms with Crippen molar-refractivity contribution in [1.29, 1.82) is 0 Å². The molecular formula is C31H54O18. The van der Waals surface area contributed by atoms with Gasteiger partial charge in [0.25, 0.3) is 0 Å². The third kappa shape index (κ3) is 8.90. The predicted octanol–water partition coefficient (Wildman–Crippen LogP) is -1.80. The molecule has 18 heteroatoms. The van der Waals surface area contributed by atoms with Gasteiger partial charge in [0.1, 0.15) is 61.0 Å². The van der Waals surface area contributed by atoms with Crippen molar-refractivity contribution in [3.05, 3.63) is 0 Å². The monoisotopic (exact) mass is 714 g/mol. The minimum Gasteiger partial charge on any atom is -0.457 e. The van der Waals surface area contributed by atoms with Crippen LogP contribution >= 0.6 is 0 Å². The lowest BCUT2D eigenvalue weighted by Crippen LogP contribution is -2.67. The molecule has 4 aliphatic heterocycles. The van der Waals surface area contributed by atoms with Crippen molar-refractivity contribution in [3.8, 4) is 0 Å². The fourth-order valence-electron chi connectivity index (χ4n) is 7.01. The number of carbonyl (C=O) groups excluding carboxylic acids is 1. The van der Waals surface area contributed by atoms with Gasteiger partial charge in [-0.2, -0.15) is 0 Å². The molecular weight excluding hydrogens is 660 g/mol. The first-order valence-electron chi connectivity index (χ1n) is 16.4. The zero-order valence-corrected chi connectivity index (χ0v) is 29.4. The molecule has 4 heterocycles. The summed E-state index contributed by atoms with van der Waals surface area (Å²) in [6.45, 7) is 5.80. The standard InChI is InChI=1S/C31H54O18/c1-12-19(35)23(27(40-8)30(43-12)49-25-22(38-6)17(11-32)46-29(36)26(25)39-7)48-31-28(41-9)24(21(14(3)44-31)45-15(4)33)47-18-10-16(34)20(37-5)13(2)42-18/h12-14,16-32,34-36H,10-11H2,1-9H3/t12-,13+,14-,16+,17-,18+,19-,20+,21+,22-,23+,24+,25+,26+,27+,28-,29+,30-,31-/m0/s1. The number of hydrogen-bond acceptors (Lipinski definition) is 18. The Morgan fingerprint density at radius 1 is 0.612 bits per heavy atom. The van der Waals surface area contributed by atoms with Gasteiger partial charge in [-0.05, 0) is 20.8 Å². The van der Waals surface area contributed by atoms with E-state index in [1.54, 1.807) is 20.8 Å². The maximum absolute atomic E-state index is 12.2. The van der Waals surface area contributed by atoms with Gasteiger partial charge in [-0.1, -0.05) is 0 Å². The highest BCUT2D eigenvalue weighted by atomic mass is 16.8. The molecule has 0 radical (unpaired) electrons. The Kier molecular flexibility index (Phi) is 15.0. The molecule has 0 spiro atoms. The third-order valence-electron chi connectivity index (χ3n) is 9.47. The van der Waals surface area contributed by atoms with Crippen LogP contribution in [-0.4, -0.2) is 185 Å². The van der Waals surface area contributed by atoms with Crippen LogP contribution in [0, 0.1) is 0 Å². The molecule has 0 bridgehead atoms. The van der Waals surface area contributed by atoms with E-state index >= 15 is 0 Å². The fraction of sp³-hybridized carbons (Fsp3) is 0.968. The van der Waals surface area contributed by atoms with Crippen molar-refractivity contribution in [2.75, 3.05) is 42.2 Å². The van der Waals surface area contributed by atoms with Crippen molar-refractivity contribution < 1.29 is 86.8 Å². The molecule has 0 unspecified atom stereocenters. The molecule has 0 aromatic rings. The lowest BCUT2D eigenvalue weighted by Gasteiger charge is -2.50. The van der Waals surface area contributed by atoms with Crippen LogP contribution in [-0.2, 0) is 66.4 Å². The molecule has 0 amide bonds. The Hall–Kier alpha value is -1.17. The Bertz CT molecular complexity index is 1010. The summed E-state index contributed by atoms with van der Waals surface area (Å²) in [5.74, 6) is -0.584. The van der Waals surface area contributed by atoms with Crippen molar-refractivity contribution in [2.45, 2.75) is 151 Å². The Labute approximate surface area is 285 Å². The van der Waals surface area contributed by atoms with E-state index in [0.717, 1.165) is 0 Å². The van der Waals surface area contributed by atoms with Crippen LogP contribution in [0.4, 0.5) is 0 Å². The topological polar surface area (TPSA) is 218 Å². The number of carbonyl (C=O) groups is 1. The minimum atomic E-state index is -1.46. The quantitative estimate of drug-likeness (QED) is 0.155. The van der Waals surface area contributed by atoms with E-state index in [2.05, 4.69) is 0 Å². The molecule has 19 atom stereocenters. The lowest BCUT2D eigenvalue weighted by molar-refractivity contribution is -0.385. The molecule has 0 saturated carbocycles. The van der Waals surface area contributed by atoms with Gasteiger partial charge in [-0.3, -0.25) is 4.79 Å². The number of esters is 1. The maximum Gasteiger partial charge on any atom is 0.303 e. The second kappa shape index (κ2) is 18.0. The van der Waals surface area contributed by atoms with E-state index in [1.807, 2.05) is 0 Å². The van der Waals surface area contributed by atoms with Gasteiger partial charge >= 0.3 is 5.97 Å². The van der Waals surface area contributed by atoms with Crippen LogP contribution in [0.25, 0.3) is 0 Å². The van der Waals surface area contributed by atoms with E-state index < -0.39 is 129 Å². The first-order valence-corrected chi connectivity index (χ1v) is 16.4. The number of rotatable bonds is 13. The van der Waals surface area contributed by atoms with Crippen LogP contribution in [0.1, 0.15) is 34.1 Å². The molecule has 4 N–H and O–H groups in total. The summed E-state index contributed by atoms with van der Waals surface area (Å²) in [7, 11) is 7.01. The highest BCUT2D eigenvalue weighted by Gasteiger charge is 2.55. The molecule has 49 heavy (non-hydrogen) atoms. The highest BCUT2D eigenvalue weighted by molar-refractivity contribution is 5.66. The lowest BCUT2D eigenvalue weighted by atomic mass is 9.95. The van der Waals surface area contributed by atoms with E-state index in [0.29, 0.717) is 0 Å². The fourth-order valence-corrected chi connectivity index (χ4v) is 7.01. The van der Waals surface area contributed by atoms with Crippen molar-refractivity contribution >= 4 is 5.97 Å². The van der Waals surface area contributed by atoms with Gasteiger partial charge in [0.15, 0.2) is 31.3 Å². The average Bonchev–Trinajstić information content (AvgIpc) is 3.05. The van der Waals surface area contributed by atoms with Gasteiger partial charge in [-0.25, -0.2) is 0 Å². The van der Waals surface area contributed by atoms with E-state index in [4.69, 9.17) is 61.6 Å². The Balaban J connectivity index is 1.59. The van der Waals surface area contributed by atoms with E-state index in [9.17, 15) is 25.2 Å². The molecule has 4 rings (SSSR count). The zero-order chi connectivity index (χ0) is 36.2. The maximum atomic E-state index is 12.2. The van der Waals surface area contributed by atoms with Crippen LogP contribution in [0.5, 0.6) is 0 Å². The van der Waals surface area contributed by atoms with Gasteiger partial charge in [0.2, 0.25) is 0 Å².